The Labute approximate surface area is 180 Å². The monoisotopic (exact) mass is 464 g/mol. The first-order valence-corrected chi connectivity index (χ1v) is 12.1. The Balaban J connectivity index is 2.48. The number of rotatable bonds is 12. The smallest absolute Gasteiger partial charge is 0.374 e. The van der Waals surface area contributed by atoms with Crippen molar-refractivity contribution in [2.75, 3.05) is 7.11 Å². The maximum absolute atomic E-state index is 12.4. The third kappa shape index (κ3) is 6.82. The number of aromatic amines is 1. The Bertz CT molecular complexity index is 847. The van der Waals surface area contributed by atoms with E-state index in [2.05, 4.69) is 4.98 Å². The van der Waals surface area contributed by atoms with Gasteiger partial charge in [-0.15, -0.1) is 0 Å². The number of hydrogen-bond acceptors (Lipinski definition) is 7. The summed E-state index contributed by atoms with van der Waals surface area (Å²) in [6, 6.07) is 1.18. The van der Waals surface area contributed by atoms with Crippen LogP contribution >= 0.6 is 7.82 Å². The molecule has 0 aliphatic carbocycles. The van der Waals surface area contributed by atoms with E-state index in [0.717, 1.165) is 6.42 Å². The molecule has 31 heavy (non-hydrogen) atoms. The van der Waals surface area contributed by atoms with Crippen molar-refractivity contribution < 1.29 is 33.1 Å². The average molecular weight is 464 g/mol. The molecule has 1 saturated heterocycles. The predicted octanol–water partition coefficient (Wildman–Crippen LogP) is 1.69. The summed E-state index contributed by atoms with van der Waals surface area (Å²) in [7, 11) is -3.38. The average Bonchev–Trinajstić information content (AvgIpc) is 3.06. The zero-order chi connectivity index (χ0) is 23.2. The summed E-state index contributed by atoms with van der Waals surface area (Å²) in [5, 5.41) is 0. The quantitative estimate of drug-likeness (QED) is 0.393. The molecule has 178 valence electrons. The molecule has 0 amide bonds. The summed E-state index contributed by atoms with van der Waals surface area (Å²) in [6.07, 6.45) is -0.120. The van der Waals surface area contributed by atoms with Gasteiger partial charge >= 0.3 is 13.5 Å². The van der Waals surface area contributed by atoms with Gasteiger partial charge in [0.1, 0.15) is 18.3 Å². The molecule has 0 saturated carbocycles. The van der Waals surface area contributed by atoms with Gasteiger partial charge in [-0.25, -0.2) is 9.36 Å². The zero-order valence-electron chi connectivity index (χ0n) is 18.3. The van der Waals surface area contributed by atoms with Crippen LogP contribution in [0.1, 0.15) is 59.1 Å². The van der Waals surface area contributed by atoms with Crippen LogP contribution in [0.5, 0.6) is 0 Å². The van der Waals surface area contributed by atoms with E-state index in [1.165, 1.54) is 23.9 Å². The highest BCUT2D eigenvalue weighted by Gasteiger charge is 2.52. The Morgan fingerprint density at radius 2 is 1.90 bits per heavy atom. The third-order valence-corrected chi connectivity index (χ3v) is 5.91. The number of nitrogens with zero attached hydrogens (tertiary/aromatic N) is 1. The van der Waals surface area contributed by atoms with Crippen molar-refractivity contribution in [3.05, 3.63) is 33.1 Å². The number of hydrogen-bond donors (Lipinski definition) is 3. The van der Waals surface area contributed by atoms with Gasteiger partial charge in [0.15, 0.2) is 6.23 Å². The number of methoxy groups -OCH3 is 1. The summed E-state index contributed by atoms with van der Waals surface area (Å²) >= 11 is 0. The molecule has 0 spiro atoms. The number of phosphoric acid groups is 1. The van der Waals surface area contributed by atoms with Crippen LogP contribution in [0, 0.1) is 0 Å². The summed E-state index contributed by atoms with van der Waals surface area (Å²) in [5.41, 5.74) is -1.25. The van der Waals surface area contributed by atoms with Gasteiger partial charge in [0, 0.05) is 19.4 Å². The Morgan fingerprint density at radius 1 is 1.23 bits per heavy atom. The van der Waals surface area contributed by atoms with Crippen LogP contribution in [-0.2, 0) is 23.3 Å². The van der Waals surface area contributed by atoms with Crippen molar-refractivity contribution in [1.29, 1.82) is 0 Å². The third-order valence-electron chi connectivity index (χ3n) is 5.36. The molecule has 1 aliphatic rings. The highest BCUT2D eigenvalue weighted by molar-refractivity contribution is 7.46. The lowest BCUT2D eigenvalue weighted by Crippen LogP contribution is -2.44. The molecule has 1 aromatic rings. The molecule has 5 atom stereocenters. The fraction of sp³-hybridized carbons (Fsp3) is 0.789. The van der Waals surface area contributed by atoms with Crippen LogP contribution < -0.4 is 11.2 Å². The van der Waals surface area contributed by atoms with E-state index in [1.807, 2.05) is 20.8 Å². The highest BCUT2D eigenvalue weighted by Crippen LogP contribution is 2.44. The van der Waals surface area contributed by atoms with Gasteiger partial charge in [-0.3, -0.25) is 18.9 Å². The first kappa shape index (κ1) is 25.9. The van der Waals surface area contributed by atoms with Gasteiger partial charge in [0.05, 0.1) is 12.2 Å². The Kier molecular flexibility index (Phi) is 9.63. The molecule has 2 heterocycles. The van der Waals surface area contributed by atoms with E-state index in [9.17, 15) is 23.9 Å². The number of nitrogens with one attached hydrogen (secondary N) is 1. The first-order valence-electron chi connectivity index (χ1n) is 10.5. The first-order chi connectivity index (χ1) is 14.6. The molecule has 1 aromatic heterocycles. The predicted molar refractivity (Wildman–Crippen MR) is 112 cm³/mol. The van der Waals surface area contributed by atoms with Gasteiger partial charge in [0.2, 0.25) is 0 Å². The Morgan fingerprint density at radius 3 is 2.42 bits per heavy atom. The fourth-order valence-corrected chi connectivity index (χ4v) is 4.36. The lowest BCUT2D eigenvalue weighted by Gasteiger charge is -2.31. The minimum Gasteiger partial charge on any atom is -0.374 e. The lowest BCUT2D eigenvalue weighted by atomic mass is 10.00. The zero-order valence-corrected chi connectivity index (χ0v) is 19.2. The van der Waals surface area contributed by atoms with E-state index in [4.69, 9.17) is 18.7 Å². The topological polar surface area (TPSA) is 149 Å². The summed E-state index contributed by atoms with van der Waals surface area (Å²) < 4.78 is 35.9. The normalized spacial score (nSPS) is 25.3. The second-order valence-electron chi connectivity index (χ2n) is 7.52. The summed E-state index contributed by atoms with van der Waals surface area (Å²) in [4.78, 5) is 44.9. The molecule has 0 bridgehead atoms. The minimum absolute atomic E-state index is 0.151. The minimum atomic E-state index is -4.82. The number of ether oxygens (including phenoxy) is 3. The maximum atomic E-state index is 12.4. The van der Waals surface area contributed by atoms with Crippen molar-refractivity contribution in [3.63, 3.8) is 0 Å². The fourth-order valence-electron chi connectivity index (χ4n) is 3.78. The van der Waals surface area contributed by atoms with Gasteiger partial charge in [-0.1, -0.05) is 33.6 Å². The molecule has 3 N–H and O–H groups in total. The van der Waals surface area contributed by atoms with E-state index >= 15 is 0 Å². The largest absolute Gasteiger partial charge is 0.469 e. The van der Waals surface area contributed by atoms with Crippen molar-refractivity contribution in [2.24, 2.45) is 0 Å². The van der Waals surface area contributed by atoms with Crippen LogP contribution in [0.4, 0.5) is 0 Å². The van der Waals surface area contributed by atoms with Crippen LogP contribution in [0.25, 0.3) is 0 Å². The van der Waals surface area contributed by atoms with Gasteiger partial charge in [-0.05, 0) is 19.3 Å². The lowest BCUT2D eigenvalue weighted by molar-refractivity contribution is -0.115. The van der Waals surface area contributed by atoms with Crippen LogP contribution in [0.2, 0.25) is 0 Å². The number of aromatic nitrogens is 2. The summed E-state index contributed by atoms with van der Waals surface area (Å²) in [5.74, 6) is 0. The molecule has 2 rings (SSSR count). The van der Waals surface area contributed by atoms with Crippen molar-refractivity contribution in [2.45, 2.75) is 89.6 Å². The van der Waals surface area contributed by atoms with E-state index in [1.54, 1.807) is 0 Å². The van der Waals surface area contributed by atoms with Crippen LogP contribution in [-0.4, -0.2) is 57.0 Å². The molecular weight excluding hydrogens is 431 g/mol. The van der Waals surface area contributed by atoms with Gasteiger partial charge in [0.25, 0.3) is 5.56 Å². The van der Waals surface area contributed by atoms with Crippen LogP contribution in [0.15, 0.2) is 21.9 Å². The molecule has 5 unspecified atom stereocenters. The molecule has 1 fully saturated rings. The van der Waals surface area contributed by atoms with E-state index in [-0.39, 0.29) is 6.10 Å². The van der Waals surface area contributed by atoms with Gasteiger partial charge in [-0.2, -0.15) is 0 Å². The number of phosphoric ester groups is 1. The molecule has 11 nitrogen and oxygen atoms in total. The van der Waals surface area contributed by atoms with Crippen molar-refractivity contribution in [1.82, 2.24) is 9.55 Å². The SMILES string of the molecule is CCCCC(OP(=O)(O)O)C1OC(n2ccc(=O)[nH]c2=O)C(OC)C1OC(CC)CC. The second kappa shape index (κ2) is 11.5. The number of unbranched alkanes of at least 4 members (excludes halogenated alkanes) is 1. The second-order valence-corrected chi connectivity index (χ2v) is 8.72. The molecule has 1 aliphatic heterocycles. The maximum Gasteiger partial charge on any atom is 0.469 e. The molecular formula is C19H33N2O9P. The van der Waals surface area contributed by atoms with E-state index in [0.29, 0.717) is 25.7 Å². The van der Waals surface area contributed by atoms with Gasteiger partial charge < -0.3 is 24.0 Å². The standard InChI is InChI=1S/C19H33N2O9P/c1-5-8-9-13(30-31(24,25)26)15-16(28-12(6-2)7-3)17(27-4)18(29-15)21-11-10-14(22)20-19(21)23/h10-13,15-18H,5-9H2,1-4H3,(H,20,22,23)(H2,24,25,26). The Hall–Kier alpha value is -1.33. The molecule has 0 radical (unpaired) electrons. The summed E-state index contributed by atoms with van der Waals surface area (Å²) in [6.45, 7) is 5.87. The highest BCUT2D eigenvalue weighted by atomic mass is 31.2. The van der Waals surface area contributed by atoms with E-state index < -0.39 is 49.7 Å². The number of H-pyrrole nitrogens is 1. The molecule has 12 heteroatoms. The van der Waals surface area contributed by atoms with Crippen molar-refractivity contribution >= 4 is 7.82 Å². The van der Waals surface area contributed by atoms with Crippen molar-refractivity contribution in [3.8, 4) is 0 Å². The van der Waals surface area contributed by atoms with Crippen LogP contribution in [0.3, 0.4) is 0 Å². The molecule has 0 aromatic carbocycles.